The minimum absolute atomic E-state index is 0.0210. The Labute approximate surface area is 118 Å². The van der Waals surface area contributed by atoms with Crippen LogP contribution in [0.25, 0.3) is 0 Å². The number of hydrogen-bond donors (Lipinski definition) is 1. The van der Waals surface area contributed by atoms with E-state index in [1.807, 2.05) is 32.8 Å². The summed E-state index contributed by atoms with van der Waals surface area (Å²) in [6.07, 6.45) is 0.894. The molecule has 0 fully saturated rings. The molecule has 0 saturated carbocycles. The first kappa shape index (κ1) is 18.8. The van der Waals surface area contributed by atoms with Gasteiger partial charge in [-0.25, -0.2) is 13.1 Å². The molecule has 0 aromatic carbocycles. The maximum absolute atomic E-state index is 12.0. The van der Waals surface area contributed by atoms with Gasteiger partial charge < -0.3 is 9.64 Å². The summed E-state index contributed by atoms with van der Waals surface area (Å²) in [5.74, 6) is 0.479. The number of nitrogens with zero attached hydrogens (tertiary/aromatic N) is 1. The topological polar surface area (TPSA) is 58.6 Å². The lowest BCUT2D eigenvalue weighted by molar-refractivity contribution is 0.0911. The predicted octanol–water partition coefficient (Wildman–Crippen LogP) is 1.31. The number of likely N-dealkylation sites (N-methyl/N-ethyl adjacent to an activating group) is 1. The zero-order valence-electron chi connectivity index (χ0n) is 13.1. The zero-order chi connectivity index (χ0) is 15.1. The van der Waals surface area contributed by atoms with Gasteiger partial charge in [0.25, 0.3) is 0 Å². The van der Waals surface area contributed by atoms with Gasteiger partial charge in [0.15, 0.2) is 0 Å². The van der Waals surface area contributed by atoms with Crippen molar-refractivity contribution in [1.82, 2.24) is 9.62 Å². The SMILES string of the molecule is CC(C)CC(CN(C)C)NS(=O)(=O)CCOC(C)C. The molecule has 116 valence electrons. The summed E-state index contributed by atoms with van der Waals surface area (Å²) in [7, 11) is 0.626. The lowest BCUT2D eigenvalue weighted by Gasteiger charge is -2.23. The molecule has 1 N–H and O–H groups in total. The summed E-state index contributed by atoms with van der Waals surface area (Å²) in [6.45, 7) is 8.94. The Kier molecular flexibility index (Phi) is 8.81. The van der Waals surface area contributed by atoms with Crippen LogP contribution >= 0.6 is 0 Å². The molecule has 5 nitrogen and oxygen atoms in total. The summed E-state index contributed by atoms with van der Waals surface area (Å²) in [4.78, 5) is 2.00. The van der Waals surface area contributed by atoms with E-state index in [0.29, 0.717) is 12.5 Å². The van der Waals surface area contributed by atoms with E-state index in [2.05, 4.69) is 18.6 Å². The first-order valence-corrected chi connectivity index (χ1v) is 8.54. The Balaban J connectivity index is 4.37. The molecule has 1 unspecified atom stereocenters. The van der Waals surface area contributed by atoms with Gasteiger partial charge in [0.1, 0.15) is 0 Å². The van der Waals surface area contributed by atoms with Crippen LogP contribution in [0.15, 0.2) is 0 Å². The molecule has 6 heteroatoms. The van der Waals surface area contributed by atoms with Gasteiger partial charge in [-0.05, 0) is 40.3 Å². The molecule has 0 aromatic rings. The molecule has 0 amide bonds. The molecule has 0 aromatic heterocycles. The number of ether oxygens (including phenoxy) is 1. The first-order valence-electron chi connectivity index (χ1n) is 6.88. The minimum atomic E-state index is -3.27. The second-order valence-electron chi connectivity index (χ2n) is 5.94. The van der Waals surface area contributed by atoms with Gasteiger partial charge >= 0.3 is 0 Å². The highest BCUT2D eigenvalue weighted by Crippen LogP contribution is 2.07. The van der Waals surface area contributed by atoms with Crippen LogP contribution in [0.3, 0.4) is 0 Å². The van der Waals surface area contributed by atoms with Crippen LogP contribution in [0.5, 0.6) is 0 Å². The molecule has 0 spiro atoms. The zero-order valence-corrected chi connectivity index (χ0v) is 14.0. The van der Waals surface area contributed by atoms with Crippen molar-refractivity contribution in [2.24, 2.45) is 5.92 Å². The summed E-state index contributed by atoms with van der Waals surface area (Å²) in [6, 6.07) is -0.0425. The molecule has 0 heterocycles. The molecule has 0 radical (unpaired) electrons. The average molecular weight is 294 g/mol. The van der Waals surface area contributed by atoms with Gasteiger partial charge in [0.05, 0.1) is 18.5 Å². The van der Waals surface area contributed by atoms with Crippen LogP contribution in [0.1, 0.15) is 34.1 Å². The molecule has 1 atom stereocenters. The Morgan fingerprint density at radius 2 is 1.74 bits per heavy atom. The lowest BCUT2D eigenvalue weighted by Crippen LogP contribution is -2.43. The fourth-order valence-electron chi connectivity index (χ4n) is 1.88. The Morgan fingerprint density at radius 3 is 2.16 bits per heavy atom. The standard InChI is InChI=1S/C13H30N2O3S/c1-11(2)9-13(10-15(5)6)14-19(16,17)8-7-18-12(3)4/h11-14H,7-10H2,1-6H3. The second-order valence-corrected chi connectivity index (χ2v) is 7.82. The number of nitrogens with one attached hydrogen (secondary N) is 1. The fourth-order valence-corrected chi connectivity index (χ4v) is 2.99. The maximum Gasteiger partial charge on any atom is 0.214 e. The summed E-state index contributed by atoms with van der Waals surface area (Å²) < 4.78 is 32.0. The van der Waals surface area contributed by atoms with E-state index in [4.69, 9.17) is 4.74 Å². The fraction of sp³-hybridized carbons (Fsp3) is 1.00. The van der Waals surface area contributed by atoms with Crippen molar-refractivity contribution in [2.45, 2.75) is 46.3 Å². The number of rotatable bonds is 10. The average Bonchev–Trinajstić information content (AvgIpc) is 2.12. The van der Waals surface area contributed by atoms with Crippen molar-refractivity contribution in [3.8, 4) is 0 Å². The summed E-state index contributed by atoms with van der Waals surface area (Å²) >= 11 is 0. The lowest BCUT2D eigenvalue weighted by atomic mass is 10.0. The largest absolute Gasteiger partial charge is 0.378 e. The van der Waals surface area contributed by atoms with Gasteiger partial charge in [0, 0.05) is 12.6 Å². The summed E-state index contributed by atoms with van der Waals surface area (Å²) in [5, 5.41) is 0. The van der Waals surface area contributed by atoms with Crippen LogP contribution in [-0.2, 0) is 14.8 Å². The van der Waals surface area contributed by atoms with Crippen molar-refractivity contribution >= 4 is 10.0 Å². The van der Waals surface area contributed by atoms with E-state index in [1.54, 1.807) is 0 Å². The maximum atomic E-state index is 12.0. The van der Waals surface area contributed by atoms with Crippen LogP contribution in [0.4, 0.5) is 0 Å². The summed E-state index contributed by atoms with van der Waals surface area (Å²) in [5.41, 5.74) is 0. The van der Waals surface area contributed by atoms with Crippen molar-refractivity contribution < 1.29 is 13.2 Å². The van der Waals surface area contributed by atoms with E-state index in [1.165, 1.54) is 0 Å². The van der Waals surface area contributed by atoms with Gasteiger partial charge in [-0.1, -0.05) is 13.8 Å². The molecular weight excluding hydrogens is 264 g/mol. The van der Waals surface area contributed by atoms with E-state index < -0.39 is 10.0 Å². The van der Waals surface area contributed by atoms with E-state index in [9.17, 15) is 8.42 Å². The molecule has 0 bridgehead atoms. The van der Waals surface area contributed by atoms with E-state index in [0.717, 1.165) is 6.42 Å². The second kappa shape index (κ2) is 8.89. The van der Waals surface area contributed by atoms with Gasteiger partial charge in [-0.2, -0.15) is 0 Å². The van der Waals surface area contributed by atoms with E-state index >= 15 is 0 Å². The quantitative estimate of drug-likeness (QED) is 0.660. The molecule has 0 aliphatic heterocycles. The van der Waals surface area contributed by atoms with Crippen molar-refractivity contribution in [3.63, 3.8) is 0 Å². The monoisotopic (exact) mass is 294 g/mol. The molecule has 0 saturated heterocycles. The molecule has 0 aliphatic rings. The van der Waals surface area contributed by atoms with Gasteiger partial charge in [0.2, 0.25) is 10.0 Å². The highest BCUT2D eigenvalue weighted by Gasteiger charge is 2.19. The van der Waals surface area contributed by atoms with Crippen LogP contribution < -0.4 is 4.72 Å². The molecule has 0 rings (SSSR count). The van der Waals surface area contributed by atoms with Crippen molar-refractivity contribution in [3.05, 3.63) is 0 Å². The van der Waals surface area contributed by atoms with E-state index in [-0.39, 0.29) is 24.5 Å². The third kappa shape index (κ3) is 11.4. The molecule has 0 aliphatic carbocycles. The molecule has 19 heavy (non-hydrogen) atoms. The van der Waals surface area contributed by atoms with Crippen LogP contribution in [-0.4, -0.2) is 58.5 Å². The first-order chi connectivity index (χ1) is 8.62. The highest BCUT2D eigenvalue weighted by atomic mass is 32.2. The number of sulfonamides is 1. The Morgan fingerprint density at radius 1 is 1.16 bits per heavy atom. The highest BCUT2D eigenvalue weighted by molar-refractivity contribution is 7.89. The van der Waals surface area contributed by atoms with Crippen LogP contribution in [0.2, 0.25) is 0 Å². The smallest absolute Gasteiger partial charge is 0.214 e. The third-order valence-electron chi connectivity index (χ3n) is 2.49. The van der Waals surface area contributed by atoms with Crippen molar-refractivity contribution in [1.29, 1.82) is 0 Å². The van der Waals surface area contributed by atoms with Gasteiger partial charge in [-0.15, -0.1) is 0 Å². The van der Waals surface area contributed by atoms with Crippen LogP contribution in [0, 0.1) is 5.92 Å². The van der Waals surface area contributed by atoms with Gasteiger partial charge in [-0.3, -0.25) is 0 Å². The third-order valence-corrected chi connectivity index (χ3v) is 3.89. The Hall–Kier alpha value is -0.170. The minimum Gasteiger partial charge on any atom is -0.378 e. The molecular formula is C13H30N2O3S. The predicted molar refractivity (Wildman–Crippen MR) is 79.8 cm³/mol. The normalized spacial score (nSPS) is 14.6. The Bertz CT molecular complexity index is 317. The number of hydrogen-bond acceptors (Lipinski definition) is 4. The van der Waals surface area contributed by atoms with Crippen molar-refractivity contribution in [2.75, 3.05) is 33.0 Å².